The topological polar surface area (TPSA) is 67.6 Å². The molecule has 1 fully saturated rings. The minimum atomic E-state index is -0.0898. The molecule has 0 radical (unpaired) electrons. The van der Waals surface area contributed by atoms with Crippen molar-refractivity contribution in [3.63, 3.8) is 0 Å². The average molecular weight is 298 g/mol. The predicted octanol–water partition coefficient (Wildman–Crippen LogP) is 1.97. The number of hydrogen-bond acceptors (Lipinski definition) is 4. The van der Waals surface area contributed by atoms with Crippen LogP contribution in [0.25, 0.3) is 0 Å². The second kappa shape index (κ2) is 6.92. The molecule has 0 spiro atoms. The monoisotopic (exact) mass is 297 g/mol. The van der Waals surface area contributed by atoms with Gasteiger partial charge in [0.1, 0.15) is 0 Å². The summed E-state index contributed by atoms with van der Waals surface area (Å²) in [6.07, 6.45) is 1.10. The fourth-order valence-electron chi connectivity index (χ4n) is 2.25. The van der Waals surface area contributed by atoms with Gasteiger partial charge >= 0.3 is 0 Å². The highest BCUT2D eigenvalue weighted by molar-refractivity contribution is 6.31. The van der Waals surface area contributed by atoms with Crippen LogP contribution in [-0.2, 0) is 9.53 Å². The van der Waals surface area contributed by atoms with Gasteiger partial charge in [-0.15, -0.1) is 0 Å². The first-order valence-corrected chi connectivity index (χ1v) is 7.11. The number of halogens is 1. The summed E-state index contributed by atoms with van der Waals surface area (Å²) in [4.78, 5) is 14.2. The molecule has 1 atom stereocenters. The van der Waals surface area contributed by atoms with Gasteiger partial charge in [0.15, 0.2) is 0 Å². The molecule has 1 saturated heterocycles. The van der Waals surface area contributed by atoms with Crippen LogP contribution in [0.5, 0.6) is 0 Å². The molecule has 1 unspecified atom stereocenters. The molecule has 0 saturated carbocycles. The van der Waals surface area contributed by atoms with E-state index in [1.54, 1.807) is 18.2 Å². The lowest BCUT2D eigenvalue weighted by Crippen LogP contribution is -2.37. The zero-order chi connectivity index (χ0) is 14.5. The lowest BCUT2D eigenvalue weighted by Gasteiger charge is -2.21. The van der Waals surface area contributed by atoms with E-state index in [4.69, 9.17) is 22.1 Å². The third kappa shape index (κ3) is 4.37. The molecule has 1 amide bonds. The van der Waals surface area contributed by atoms with Crippen molar-refractivity contribution in [3.05, 3.63) is 23.2 Å². The number of anilines is 2. The predicted molar refractivity (Wildman–Crippen MR) is 81.0 cm³/mol. The molecule has 1 aromatic carbocycles. The molecule has 2 rings (SSSR count). The molecule has 5 nitrogen and oxygen atoms in total. The summed E-state index contributed by atoms with van der Waals surface area (Å²) in [5, 5.41) is 3.35. The van der Waals surface area contributed by atoms with E-state index in [1.165, 1.54) is 0 Å². The Bertz CT molecular complexity index is 481. The fourth-order valence-corrected chi connectivity index (χ4v) is 2.43. The molecule has 0 aromatic heterocycles. The molecule has 1 aliphatic rings. The maximum Gasteiger partial charge on any atom is 0.238 e. The minimum absolute atomic E-state index is 0.0898. The van der Waals surface area contributed by atoms with Gasteiger partial charge in [0.2, 0.25) is 5.91 Å². The van der Waals surface area contributed by atoms with Crippen LogP contribution in [0, 0.1) is 0 Å². The highest BCUT2D eigenvalue weighted by Crippen LogP contribution is 2.22. The lowest BCUT2D eigenvalue weighted by atomic mass is 10.2. The highest BCUT2D eigenvalue weighted by atomic mass is 35.5. The molecular formula is C14H20ClN3O2. The van der Waals surface area contributed by atoms with Gasteiger partial charge in [-0.25, -0.2) is 0 Å². The number of ether oxygens (including phenoxy) is 1. The van der Waals surface area contributed by atoms with Gasteiger partial charge in [0.25, 0.3) is 0 Å². The largest absolute Gasteiger partial charge is 0.397 e. The zero-order valence-electron chi connectivity index (χ0n) is 11.6. The van der Waals surface area contributed by atoms with Crippen molar-refractivity contribution in [2.24, 2.45) is 0 Å². The number of hydrogen-bond donors (Lipinski definition) is 2. The van der Waals surface area contributed by atoms with E-state index in [1.807, 2.05) is 6.92 Å². The zero-order valence-corrected chi connectivity index (χ0v) is 12.3. The van der Waals surface area contributed by atoms with Gasteiger partial charge in [-0.3, -0.25) is 9.69 Å². The third-order valence-corrected chi connectivity index (χ3v) is 3.43. The molecule has 0 bridgehead atoms. The Balaban J connectivity index is 1.93. The summed E-state index contributed by atoms with van der Waals surface area (Å²) < 4.78 is 5.56. The van der Waals surface area contributed by atoms with Crippen molar-refractivity contribution in [2.45, 2.75) is 19.4 Å². The molecule has 1 aliphatic heterocycles. The highest BCUT2D eigenvalue weighted by Gasteiger charge is 2.17. The van der Waals surface area contributed by atoms with Crippen molar-refractivity contribution in [2.75, 3.05) is 37.3 Å². The van der Waals surface area contributed by atoms with Crippen LogP contribution < -0.4 is 11.1 Å². The lowest BCUT2D eigenvalue weighted by molar-refractivity contribution is -0.117. The normalized spacial score (nSPS) is 20.4. The number of amides is 1. The molecule has 0 aliphatic carbocycles. The van der Waals surface area contributed by atoms with Crippen LogP contribution in [0.15, 0.2) is 18.2 Å². The molecule has 6 heteroatoms. The maximum absolute atomic E-state index is 12.1. The second-order valence-corrected chi connectivity index (χ2v) is 5.49. The van der Waals surface area contributed by atoms with Crippen molar-refractivity contribution in [1.82, 2.24) is 4.90 Å². The van der Waals surface area contributed by atoms with Crippen LogP contribution in [0.3, 0.4) is 0 Å². The molecule has 110 valence electrons. The van der Waals surface area contributed by atoms with Gasteiger partial charge in [-0.1, -0.05) is 11.6 Å². The summed E-state index contributed by atoms with van der Waals surface area (Å²) in [5.74, 6) is -0.0898. The summed E-state index contributed by atoms with van der Waals surface area (Å²) in [6, 6.07) is 5.03. The smallest absolute Gasteiger partial charge is 0.238 e. The quantitative estimate of drug-likeness (QED) is 0.837. The van der Waals surface area contributed by atoms with Gasteiger partial charge in [0.05, 0.1) is 24.0 Å². The Morgan fingerprint density at radius 3 is 3.20 bits per heavy atom. The van der Waals surface area contributed by atoms with E-state index in [0.717, 1.165) is 26.1 Å². The van der Waals surface area contributed by atoms with E-state index in [2.05, 4.69) is 10.2 Å². The molecule has 1 heterocycles. The van der Waals surface area contributed by atoms with E-state index < -0.39 is 0 Å². The number of carbonyl (C=O) groups excluding carboxylic acids is 1. The molecule has 3 N–H and O–H groups in total. The number of nitrogen functional groups attached to an aromatic ring is 1. The Labute approximate surface area is 124 Å². The first-order valence-electron chi connectivity index (χ1n) is 6.73. The van der Waals surface area contributed by atoms with Crippen LogP contribution in [-0.4, -0.2) is 43.2 Å². The average Bonchev–Trinajstić information content (AvgIpc) is 2.58. The van der Waals surface area contributed by atoms with E-state index >= 15 is 0 Å². The number of nitrogens with zero attached hydrogens (tertiary/aromatic N) is 1. The fraction of sp³-hybridized carbons (Fsp3) is 0.500. The Hall–Kier alpha value is -1.30. The SMILES string of the molecule is CC1CN(CC(=O)Nc2cc(Cl)ccc2N)CCCO1. The second-order valence-electron chi connectivity index (χ2n) is 5.05. The van der Waals surface area contributed by atoms with Crippen LogP contribution >= 0.6 is 11.6 Å². The van der Waals surface area contributed by atoms with Crippen molar-refractivity contribution >= 4 is 28.9 Å². The summed E-state index contributed by atoms with van der Waals surface area (Å²) in [6.45, 7) is 4.73. The van der Waals surface area contributed by atoms with E-state index in [9.17, 15) is 4.79 Å². The van der Waals surface area contributed by atoms with Crippen molar-refractivity contribution < 1.29 is 9.53 Å². The van der Waals surface area contributed by atoms with Gasteiger partial charge in [-0.05, 0) is 31.5 Å². The minimum Gasteiger partial charge on any atom is -0.397 e. The van der Waals surface area contributed by atoms with Crippen molar-refractivity contribution in [3.8, 4) is 0 Å². The first-order chi connectivity index (χ1) is 9.54. The maximum atomic E-state index is 12.1. The molecule has 20 heavy (non-hydrogen) atoms. The molecule has 1 aromatic rings. The number of nitrogens with two attached hydrogens (primary N) is 1. The number of benzene rings is 1. The Kier molecular flexibility index (Phi) is 5.23. The summed E-state index contributed by atoms with van der Waals surface area (Å²) >= 11 is 5.90. The molecular weight excluding hydrogens is 278 g/mol. The summed E-state index contributed by atoms with van der Waals surface area (Å²) in [5.41, 5.74) is 6.88. The Morgan fingerprint density at radius 1 is 1.60 bits per heavy atom. The Morgan fingerprint density at radius 2 is 2.40 bits per heavy atom. The number of rotatable bonds is 3. The van der Waals surface area contributed by atoms with E-state index in [-0.39, 0.29) is 12.0 Å². The number of nitrogens with one attached hydrogen (secondary N) is 1. The standard InChI is InChI=1S/C14H20ClN3O2/c1-10-8-18(5-2-6-20-10)9-14(19)17-13-7-11(15)3-4-12(13)16/h3-4,7,10H,2,5-6,8-9,16H2,1H3,(H,17,19). The van der Waals surface area contributed by atoms with E-state index in [0.29, 0.717) is 22.9 Å². The van der Waals surface area contributed by atoms with Crippen LogP contribution in [0.4, 0.5) is 11.4 Å². The first kappa shape index (κ1) is 15.1. The van der Waals surface area contributed by atoms with Crippen molar-refractivity contribution in [1.29, 1.82) is 0 Å². The van der Waals surface area contributed by atoms with Gasteiger partial charge in [0, 0.05) is 24.7 Å². The van der Waals surface area contributed by atoms with Crippen LogP contribution in [0.2, 0.25) is 5.02 Å². The van der Waals surface area contributed by atoms with Crippen LogP contribution in [0.1, 0.15) is 13.3 Å². The van der Waals surface area contributed by atoms with Gasteiger partial charge in [-0.2, -0.15) is 0 Å². The third-order valence-electron chi connectivity index (χ3n) is 3.19. The number of carbonyl (C=O) groups is 1. The summed E-state index contributed by atoms with van der Waals surface area (Å²) in [7, 11) is 0. The van der Waals surface area contributed by atoms with Gasteiger partial charge < -0.3 is 15.8 Å².